The number of hydrogen-bond acceptors (Lipinski definition) is 7. The van der Waals surface area contributed by atoms with E-state index in [-0.39, 0.29) is 30.8 Å². The third-order valence-corrected chi connectivity index (χ3v) is 6.69. The summed E-state index contributed by atoms with van der Waals surface area (Å²) < 4.78 is 5.32. The molecule has 0 aliphatic rings. The Hall–Kier alpha value is -4.08. The number of aromatic nitrogens is 4. The van der Waals surface area contributed by atoms with E-state index in [2.05, 4.69) is 38.2 Å². The number of unbranched alkanes of at least 4 members (excludes halogenated alkanes) is 1. The highest BCUT2D eigenvalue weighted by Crippen LogP contribution is 2.11. The first-order chi connectivity index (χ1) is 20.2. The number of amides is 2. The second kappa shape index (κ2) is 17.0. The van der Waals surface area contributed by atoms with Crippen LogP contribution in [-0.2, 0) is 40.3 Å². The van der Waals surface area contributed by atoms with Gasteiger partial charge in [-0.25, -0.2) is 4.79 Å². The normalized spacial score (nSPS) is 12.6. The van der Waals surface area contributed by atoms with Crippen LogP contribution in [0.4, 0.5) is 4.79 Å². The summed E-state index contributed by atoms with van der Waals surface area (Å²) in [6.07, 6.45) is 3.74. The molecule has 2 atom stereocenters. The largest absolute Gasteiger partial charge is 0.445 e. The number of nitrogens with zero attached hydrogens (tertiary/aromatic N) is 4. The molecule has 3 aromatic rings. The predicted molar refractivity (Wildman–Crippen MR) is 160 cm³/mol. The van der Waals surface area contributed by atoms with Crippen LogP contribution in [0.3, 0.4) is 0 Å². The van der Waals surface area contributed by atoms with Crippen molar-refractivity contribution in [2.75, 3.05) is 0 Å². The average molecular weight is 577 g/mol. The summed E-state index contributed by atoms with van der Waals surface area (Å²) in [6, 6.07) is 18.0. The highest BCUT2D eigenvalue weighted by Gasteiger charge is 2.28. The maximum atomic E-state index is 13.3. The van der Waals surface area contributed by atoms with Gasteiger partial charge in [-0.1, -0.05) is 88.4 Å². The Kier molecular flexibility index (Phi) is 13.1. The lowest BCUT2D eigenvalue weighted by Gasteiger charge is -2.24. The molecule has 3 rings (SSSR count). The minimum Gasteiger partial charge on any atom is -0.445 e. The Morgan fingerprint density at radius 1 is 0.786 bits per heavy atom. The second-order valence-corrected chi connectivity index (χ2v) is 11.5. The van der Waals surface area contributed by atoms with Crippen LogP contribution in [0.25, 0.3) is 0 Å². The summed E-state index contributed by atoms with van der Waals surface area (Å²) in [7, 11) is 0. The third-order valence-electron chi connectivity index (χ3n) is 6.69. The summed E-state index contributed by atoms with van der Waals surface area (Å²) >= 11 is 0. The standard InChI is InChI=1S/C32H44N6O4/c1-23(2)19-27(29(39)21-38-36-30(35-37-38)18-12-11-15-25-13-7-5-8-14-25)33-31(40)28(20-24(3)4)34-32(41)42-22-26-16-9-6-10-17-26/h5-10,13-14,16-17,23-24,27-28H,11-12,15,18-22H2,1-4H3,(H,33,40)(H,34,41)/t27-,28-/m0/s1. The molecule has 0 saturated heterocycles. The fraction of sp³-hybridized carbons (Fsp3) is 0.500. The Balaban J connectivity index is 1.53. The topological polar surface area (TPSA) is 128 Å². The molecule has 0 radical (unpaired) electrons. The Morgan fingerprint density at radius 2 is 1.38 bits per heavy atom. The van der Waals surface area contributed by atoms with E-state index in [1.165, 1.54) is 10.4 Å². The quantitative estimate of drug-likeness (QED) is 0.223. The lowest BCUT2D eigenvalue weighted by molar-refractivity contribution is -0.130. The van der Waals surface area contributed by atoms with Crippen molar-refractivity contribution in [3.8, 4) is 0 Å². The molecule has 0 saturated carbocycles. The number of carbonyl (C=O) groups is 3. The number of alkyl carbamates (subject to hydrolysis) is 1. The van der Waals surface area contributed by atoms with Crippen LogP contribution >= 0.6 is 0 Å². The lowest BCUT2D eigenvalue weighted by Crippen LogP contribution is -2.52. The van der Waals surface area contributed by atoms with Crippen LogP contribution in [-0.4, -0.2) is 50.1 Å². The van der Waals surface area contributed by atoms with Gasteiger partial charge in [0, 0.05) is 6.42 Å². The van der Waals surface area contributed by atoms with Gasteiger partial charge in [0.25, 0.3) is 0 Å². The van der Waals surface area contributed by atoms with Gasteiger partial charge in [-0.05, 0) is 60.3 Å². The Morgan fingerprint density at radius 3 is 2.02 bits per heavy atom. The van der Waals surface area contributed by atoms with Crippen molar-refractivity contribution < 1.29 is 19.1 Å². The zero-order valence-electron chi connectivity index (χ0n) is 25.2. The van der Waals surface area contributed by atoms with Crippen molar-refractivity contribution in [2.24, 2.45) is 11.8 Å². The number of ether oxygens (including phenoxy) is 1. The third kappa shape index (κ3) is 11.8. The maximum absolute atomic E-state index is 13.3. The maximum Gasteiger partial charge on any atom is 0.408 e. The molecule has 0 aliphatic carbocycles. The lowest BCUT2D eigenvalue weighted by atomic mass is 9.98. The molecule has 2 aromatic carbocycles. The number of tetrazole rings is 1. The molecule has 0 unspecified atom stereocenters. The summed E-state index contributed by atoms with van der Waals surface area (Å²) in [6.45, 7) is 7.89. The number of aryl methyl sites for hydroxylation is 2. The van der Waals surface area contributed by atoms with E-state index < -0.39 is 24.1 Å². The van der Waals surface area contributed by atoms with Crippen LogP contribution < -0.4 is 10.6 Å². The summed E-state index contributed by atoms with van der Waals surface area (Å²) in [4.78, 5) is 40.4. The highest BCUT2D eigenvalue weighted by molar-refractivity contribution is 5.92. The van der Waals surface area contributed by atoms with Crippen LogP contribution in [0.15, 0.2) is 60.7 Å². The van der Waals surface area contributed by atoms with Crippen molar-refractivity contribution in [2.45, 2.75) is 91.5 Å². The average Bonchev–Trinajstić information content (AvgIpc) is 3.41. The molecule has 0 fully saturated rings. The van der Waals surface area contributed by atoms with Crippen molar-refractivity contribution in [1.29, 1.82) is 0 Å². The molecule has 1 heterocycles. The molecule has 0 aliphatic heterocycles. The van der Waals surface area contributed by atoms with E-state index in [0.29, 0.717) is 25.1 Å². The van der Waals surface area contributed by atoms with Gasteiger partial charge in [-0.2, -0.15) is 4.80 Å². The molecule has 2 N–H and O–H groups in total. The molecule has 1 aromatic heterocycles. The molecule has 0 spiro atoms. The van der Waals surface area contributed by atoms with Gasteiger partial charge in [-0.15, -0.1) is 10.2 Å². The molecule has 226 valence electrons. The first-order valence-corrected chi connectivity index (χ1v) is 14.8. The fourth-order valence-electron chi connectivity index (χ4n) is 4.57. The smallest absolute Gasteiger partial charge is 0.408 e. The number of hydrogen-bond donors (Lipinski definition) is 2. The van der Waals surface area contributed by atoms with E-state index in [4.69, 9.17) is 4.74 Å². The van der Waals surface area contributed by atoms with E-state index in [9.17, 15) is 14.4 Å². The van der Waals surface area contributed by atoms with E-state index >= 15 is 0 Å². The van der Waals surface area contributed by atoms with Crippen LogP contribution in [0.2, 0.25) is 0 Å². The zero-order valence-corrected chi connectivity index (χ0v) is 25.2. The first kappa shape index (κ1) is 32.4. The van der Waals surface area contributed by atoms with Gasteiger partial charge in [0.15, 0.2) is 11.6 Å². The van der Waals surface area contributed by atoms with Gasteiger partial charge in [-0.3, -0.25) is 9.59 Å². The van der Waals surface area contributed by atoms with Gasteiger partial charge in [0.2, 0.25) is 5.91 Å². The highest BCUT2D eigenvalue weighted by atomic mass is 16.5. The summed E-state index contributed by atoms with van der Waals surface area (Å²) in [5, 5.41) is 18.1. The number of rotatable bonds is 17. The monoisotopic (exact) mass is 576 g/mol. The Bertz CT molecular complexity index is 1250. The summed E-state index contributed by atoms with van der Waals surface area (Å²) in [5.41, 5.74) is 2.14. The van der Waals surface area contributed by atoms with Gasteiger partial charge in [0.05, 0.1) is 6.04 Å². The van der Waals surface area contributed by atoms with Gasteiger partial charge >= 0.3 is 6.09 Å². The number of benzene rings is 2. The van der Waals surface area contributed by atoms with Crippen LogP contribution in [0.1, 0.15) is 70.3 Å². The van der Waals surface area contributed by atoms with Crippen molar-refractivity contribution >= 4 is 17.8 Å². The molecule has 10 nitrogen and oxygen atoms in total. The minimum absolute atomic E-state index is 0.0943. The van der Waals surface area contributed by atoms with E-state index in [0.717, 1.165) is 24.8 Å². The number of Topliss-reactive ketones (excluding diaryl/α,β-unsaturated/α-hetero) is 1. The van der Waals surface area contributed by atoms with Crippen LogP contribution in [0, 0.1) is 11.8 Å². The molecule has 2 amide bonds. The number of nitrogens with one attached hydrogen (secondary N) is 2. The number of ketones is 1. The van der Waals surface area contributed by atoms with E-state index in [1.807, 2.05) is 76.2 Å². The molecule has 10 heteroatoms. The zero-order chi connectivity index (χ0) is 30.3. The molecular formula is C32H44N6O4. The first-order valence-electron chi connectivity index (χ1n) is 14.8. The second-order valence-electron chi connectivity index (χ2n) is 11.5. The molecule has 0 bridgehead atoms. The molecular weight excluding hydrogens is 532 g/mol. The van der Waals surface area contributed by atoms with Crippen molar-refractivity contribution in [3.63, 3.8) is 0 Å². The predicted octanol–water partition coefficient (Wildman–Crippen LogP) is 4.68. The van der Waals surface area contributed by atoms with Gasteiger partial charge in [0.1, 0.15) is 19.2 Å². The summed E-state index contributed by atoms with van der Waals surface area (Å²) in [5.74, 6) is 0.218. The van der Waals surface area contributed by atoms with Crippen molar-refractivity contribution in [3.05, 3.63) is 77.6 Å². The van der Waals surface area contributed by atoms with E-state index in [1.54, 1.807) is 0 Å². The van der Waals surface area contributed by atoms with Crippen LogP contribution in [0.5, 0.6) is 0 Å². The molecule has 42 heavy (non-hydrogen) atoms. The van der Waals surface area contributed by atoms with Gasteiger partial charge < -0.3 is 15.4 Å². The number of carbonyl (C=O) groups excluding carboxylic acids is 3. The fourth-order valence-corrected chi connectivity index (χ4v) is 4.57. The van der Waals surface area contributed by atoms with Crippen molar-refractivity contribution in [1.82, 2.24) is 30.8 Å². The Labute approximate surface area is 248 Å². The minimum atomic E-state index is -0.845. The SMILES string of the molecule is CC(C)C[C@H](NC(=O)[C@H](CC(C)C)NC(=O)OCc1ccccc1)C(=O)Cn1nnc(CCCCc2ccccc2)n1.